The minimum atomic E-state index is -3.47. The molecule has 1 aliphatic carbocycles. The minimum Gasteiger partial charge on any atom is -0.349 e. The zero-order valence-corrected chi connectivity index (χ0v) is 20.0. The van der Waals surface area contributed by atoms with Gasteiger partial charge < -0.3 is 5.32 Å². The van der Waals surface area contributed by atoms with Crippen LogP contribution < -0.4 is 10.0 Å². The summed E-state index contributed by atoms with van der Waals surface area (Å²) < 4.78 is 26.5. The third kappa shape index (κ3) is 5.60. The number of carbonyl (C=O) groups is 1. The van der Waals surface area contributed by atoms with Crippen LogP contribution in [0.2, 0.25) is 0 Å². The maximum absolute atomic E-state index is 13.7. The van der Waals surface area contributed by atoms with Crippen molar-refractivity contribution in [2.75, 3.05) is 6.26 Å². The second-order valence-corrected chi connectivity index (χ2v) is 10.8. The van der Waals surface area contributed by atoms with E-state index in [0.29, 0.717) is 28.3 Å². The number of para-hydroxylation sites is 1. The van der Waals surface area contributed by atoms with Crippen LogP contribution in [-0.2, 0) is 16.6 Å². The van der Waals surface area contributed by atoms with E-state index in [0.717, 1.165) is 30.0 Å². The summed E-state index contributed by atoms with van der Waals surface area (Å²) in [5.41, 5.74) is 3.22. The lowest BCUT2D eigenvalue weighted by Gasteiger charge is -2.29. The summed E-state index contributed by atoms with van der Waals surface area (Å²) in [6.45, 7) is 2.06. The topological polar surface area (TPSA) is 88.2 Å². The highest BCUT2D eigenvalue weighted by Gasteiger charge is 2.26. The number of fused-ring (bicyclic) bond motifs is 1. The van der Waals surface area contributed by atoms with Crippen LogP contribution in [-0.4, -0.2) is 31.6 Å². The first-order valence-electron chi connectivity index (χ1n) is 11.6. The molecule has 1 saturated carbocycles. The Morgan fingerprint density at radius 1 is 1.03 bits per heavy atom. The van der Waals surface area contributed by atoms with Crippen molar-refractivity contribution < 1.29 is 13.2 Å². The highest BCUT2D eigenvalue weighted by molar-refractivity contribution is 7.88. The Hall–Kier alpha value is -2.77. The van der Waals surface area contributed by atoms with Crippen LogP contribution in [0.5, 0.6) is 0 Å². The van der Waals surface area contributed by atoms with Gasteiger partial charge in [-0.15, -0.1) is 0 Å². The van der Waals surface area contributed by atoms with Crippen molar-refractivity contribution in [2.45, 2.75) is 51.6 Å². The number of benzene rings is 2. The van der Waals surface area contributed by atoms with Crippen molar-refractivity contribution in [3.8, 4) is 11.3 Å². The van der Waals surface area contributed by atoms with Gasteiger partial charge in [-0.25, -0.2) is 18.1 Å². The van der Waals surface area contributed by atoms with Crippen molar-refractivity contribution in [2.24, 2.45) is 5.92 Å². The number of rotatable bonds is 7. The molecule has 1 atom stereocenters. The van der Waals surface area contributed by atoms with Gasteiger partial charge in [-0.1, -0.05) is 67.8 Å². The van der Waals surface area contributed by atoms with Crippen molar-refractivity contribution in [1.82, 2.24) is 15.0 Å². The van der Waals surface area contributed by atoms with Crippen LogP contribution in [0.1, 0.15) is 54.9 Å². The van der Waals surface area contributed by atoms with E-state index in [1.165, 1.54) is 19.3 Å². The van der Waals surface area contributed by atoms with Crippen LogP contribution in [0.15, 0.2) is 54.6 Å². The first-order chi connectivity index (χ1) is 15.8. The molecule has 3 aromatic rings. The number of nitrogens with one attached hydrogen (secondary N) is 2. The van der Waals surface area contributed by atoms with E-state index >= 15 is 0 Å². The Labute approximate surface area is 195 Å². The summed E-state index contributed by atoms with van der Waals surface area (Å²) >= 11 is 0. The van der Waals surface area contributed by atoms with Crippen LogP contribution in [0.3, 0.4) is 0 Å². The molecule has 0 saturated heterocycles. The van der Waals surface area contributed by atoms with Crippen molar-refractivity contribution in [3.05, 3.63) is 65.7 Å². The lowest BCUT2D eigenvalue weighted by atomic mass is 9.84. The van der Waals surface area contributed by atoms with E-state index in [1.807, 2.05) is 54.6 Å². The number of hydrogen-bond acceptors (Lipinski definition) is 4. The molecule has 6 nitrogen and oxygen atoms in total. The van der Waals surface area contributed by atoms with Gasteiger partial charge >= 0.3 is 0 Å². The Bertz CT molecular complexity index is 1240. The maximum atomic E-state index is 13.7. The van der Waals surface area contributed by atoms with Crippen LogP contribution >= 0.6 is 0 Å². The standard InChI is InChI=1S/C26H31N3O3S/c1-18(19-11-5-3-6-12-19)28-26(30)24-21-15-9-10-16-23(21)29-25(20-13-7-4-8-14-20)22(24)17-27-33(2,31)32/h4,7-10,13-16,18-19,27H,3,5-6,11-12,17H2,1-2H3,(H,28,30)/t18-/m0/s1. The fourth-order valence-electron chi connectivity index (χ4n) is 4.75. The third-order valence-electron chi connectivity index (χ3n) is 6.49. The Morgan fingerprint density at radius 2 is 1.70 bits per heavy atom. The molecule has 2 aromatic carbocycles. The van der Waals surface area contributed by atoms with E-state index in [2.05, 4.69) is 17.0 Å². The summed E-state index contributed by atoms with van der Waals surface area (Å²) in [6, 6.07) is 17.2. The van der Waals surface area contributed by atoms with E-state index in [1.54, 1.807) is 0 Å². The predicted octanol–water partition coefficient (Wildman–Crippen LogP) is 4.65. The van der Waals surface area contributed by atoms with Gasteiger partial charge in [0.2, 0.25) is 10.0 Å². The summed E-state index contributed by atoms with van der Waals surface area (Å²) in [6.07, 6.45) is 7.02. The van der Waals surface area contributed by atoms with Gasteiger partial charge in [0.25, 0.3) is 5.91 Å². The normalized spacial score (nSPS) is 15.9. The smallest absolute Gasteiger partial charge is 0.252 e. The monoisotopic (exact) mass is 465 g/mol. The largest absolute Gasteiger partial charge is 0.349 e. The van der Waals surface area contributed by atoms with Gasteiger partial charge in [0, 0.05) is 29.1 Å². The zero-order chi connectivity index (χ0) is 23.4. The molecule has 1 fully saturated rings. The molecule has 0 spiro atoms. The number of sulfonamides is 1. The number of aromatic nitrogens is 1. The lowest BCUT2D eigenvalue weighted by molar-refractivity contribution is 0.0920. The average molecular weight is 466 g/mol. The maximum Gasteiger partial charge on any atom is 0.252 e. The fourth-order valence-corrected chi connectivity index (χ4v) is 5.16. The van der Waals surface area contributed by atoms with E-state index in [4.69, 9.17) is 4.98 Å². The van der Waals surface area contributed by atoms with Gasteiger partial charge in [-0.3, -0.25) is 4.79 Å². The Balaban J connectivity index is 1.83. The summed E-state index contributed by atoms with van der Waals surface area (Å²) in [4.78, 5) is 18.6. The van der Waals surface area contributed by atoms with Crippen molar-refractivity contribution in [3.63, 3.8) is 0 Å². The number of nitrogens with zero attached hydrogens (tertiary/aromatic N) is 1. The SMILES string of the molecule is C[C@H](NC(=O)c1c(CNS(C)(=O)=O)c(-c2ccccc2)nc2ccccc12)C1CCCCC1. The number of pyridine rings is 1. The number of hydrogen-bond donors (Lipinski definition) is 2. The molecular weight excluding hydrogens is 434 g/mol. The van der Waals surface area contributed by atoms with Crippen LogP contribution in [0.4, 0.5) is 0 Å². The molecule has 1 heterocycles. The first kappa shape index (κ1) is 23.4. The van der Waals surface area contributed by atoms with Crippen molar-refractivity contribution >= 4 is 26.8 Å². The lowest BCUT2D eigenvalue weighted by Crippen LogP contribution is -2.39. The number of carbonyl (C=O) groups excluding carboxylic acids is 1. The van der Waals surface area contributed by atoms with E-state index in [9.17, 15) is 13.2 Å². The van der Waals surface area contributed by atoms with Gasteiger partial charge in [0.15, 0.2) is 0 Å². The molecule has 0 unspecified atom stereocenters. The molecule has 33 heavy (non-hydrogen) atoms. The molecule has 1 amide bonds. The van der Waals surface area contributed by atoms with Crippen molar-refractivity contribution in [1.29, 1.82) is 0 Å². The first-order valence-corrected chi connectivity index (χ1v) is 13.4. The molecule has 7 heteroatoms. The molecule has 1 aromatic heterocycles. The molecule has 4 rings (SSSR count). The van der Waals surface area contributed by atoms with Gasteiger partial charge in [0.1, 0.15) is 0 Å². The molecule has 0 bridgehead atoms. The number of amides is 1. The Morgan fingerprint density at radius 3 is 2.39 bits per heavy atom. The molecular formula is C26H31N3O3S. The highest BCUT2D eigenvalue weighted by atomic mass is 32.2. The third-order valence-corrected chi connectivity index (χ3v) is 7.16. The van der Waals surface area contributed by atoms with Gasteiger partial charge in [-0.2, -0.15) is 0 Å². The fraction of sp³-hybridized carbons (Fsp3) is 0.385. The summed E-state index contributed by atoms with van der Waals surface area (Å²) in [7, 11) is -3.47. The molecule has 174 valence electrons. The molecule has 0 aliphatic heterocycles. The van der Waals surface area contributed by atoms with Gasteiger partial charge in [-0.05, 0) is 31.7 Å². The molecule has 1 aliphatic rings. The van der Waals surface area contributed by atoms with Gasteiger partial charge in [0.05, 0.1) is 23.0 Å². The second kappa shape index (κ2) is 10.0. The Kier molecular flexibility index (Phi) is 7.10. The average Bonchev–Trinajstić information content (AvgIpc) is 2.82. The zero-order valence-electron chi connectivity index (χ0n) is 19.2. The molecule has 0 radical (unpaired) electrons. The quantitative estimate of drug-likeness (QED) is 0.532. The second-order valence-electron chi connectivity index (χ2n) is 8.95. The minimum absolute atomic E-state index is 0.0124. The summed E-state index contributed by atoms with van der Waals surface area (Å²) in [5, 5.41) is 3.95. The highest BCUT2D eigenvalue weighted by Crippen LogP contribution is 2.31. The molecule has 2 N–H and O–H groups in total. The van der Waals surface area contributed by atoms with Crippen LogP contribution in [0.25, 0.3) is 22.2 Å². The van der Waals surface area contributed by atoms with E-state index < -0.39 is 10.0 Å². The summed E-state index contributed by atoms with van der Waals surface area (Å²) in [5.74, 6) is 0.274. The van der Waals surface area contributed by atoms with Crippen LogP contribution in [0, 0.1) is 5.92 Å². The van der Waals surface area contributed by atoms with E-state index in [-0.39, 0.29) is 18.5 Å². The predicted molar refractivity (Wildman–Crippen MR) is 132 cm³/mol.